The van der Waals surface area contributed by atoms with Crippen LogP contribution in [0.2, 0.25) is 0 Å². The summed E-state index contributed by atoms with van der Waals surface area (Å²) >= 11 is 0. The Balaban J connectivity index is -0.000000169. The molecule has 80 valence electrons. The second-order valence-electron chi connectivity index (χ2n) is 2.30. The van der Waals surface area contributed by atoms with Crippen molar-refractivity contribution in [2.24, 2.45) is 0 Å². The van der Waals surface area contributed by atoms with Crippen LogP contribution in [0, 0.1) is 0 Å². The van der Waals surface area contributed by atoms with E-state index in [4.69, 9.17) is 0 Å². The number of hydrazine groups is 1. The Bertz CT molecular complexity index is 98.3. The average Bonchev–Trinajstić information content (AvgIpc) is 2.10. The number of hydrogen-bond acceptors (Lipinski definition) is 1. The predicted octanol–water partition coefficient (Wildman–Crippen LogP) is 3.20. The first kappa shape index (κ1) is 18.1. The third-order valence-electron chi connectivity index (χ3n) is 0.767. The second-order valence-corrected chi connectivity index (χ2v) is 2.30. The van der Waals surface area contributed by atoms with Crippen molar-refractivity contribution < 1.29 is 4.68 Å². The molecular formula is C11H27N2+. The van der Waals surface area contributed by atoms with Gasteiger partial charge in [-0.05, 0) is 0 Å². The monoisotopic (exact) mass is 187 g/mol. The molecule has 0 heterocycles. The maximum atomic E-state index is 3.67. The van der Waals surface area contributed by atoms with Gasteiger partial charge in [0.2, 0.25) is 0 Å². The third kappa shape index (κ3) is 35.0. The Morgan fingerprint density at radius 2 is 1.62 bits per heavy atom. The molecule has 0 radical (unpaired) electrons. The van der Waals surface area contributed by atoms with E-state index in [0.29, 0.717) is 0 Å². The van der Waals surface area contributed by atoms with Gasteiger partial charge in [0, 0.05) is 6.42 Å². The van der Waals surface area contributed by atoms with Gasteiger partial charge in [-0.3, -0.25) is 0 Å². The standard InChI is InChI=1S/C6H13N2.C3H8.C2H6/c1-4-6-8(3)7-5-2;1-3-2;1-2/h5,7H,2-4,6H2,1H3;3H2,1-2H3;1-2H3/q+1;;. The molecule has 0 bridgehead atoms. The van der Waals surface area contributed by atoms with Crippen molar-refractivity contribution in [2.75, 3.05) is 6.54 Å². The quantitative estimate of drug-likeness (QED) is 0.406. The number of nitrogens with one attached hydrogen (secondary N) is 1. The molecule has 0 unspecified atom stereocenters. The molecule has 0 aromatic carbocycles. The van der Waals surface area contributed by atoms with Crippen LogP contribution in [0.15, 0.2) is 12.8 Å². The summed E-state index contributed by atoms with van der Waals surface area (Å²) in [7, 11) is 0. The van der Waals surface area contributed by atoms with E-state index in [-0.39, 0.29) is 0 Å². The third-order valence-corrected chi connectivity index (χ3v) is 0.767. The van der Waals surface area contributed by atoms with Gasteiger partial charge in [-0.25, -0.2) is 0 Å². The normalized spacial score (nSPS) is 6.85. The van der Waals surface area contributed by atoms with E-state index in [1.807, 2.05) is 13.8 Å². The smallest absolute Gasteiger partial charge is 0.170 e. The summed E-state index contributed by atoms with van der Waals surface area (Å²) in [6.45, 7) is 18.5. The molecule has 0 aliphatic carbocycles. The topological polar surface area (TPSA) is 15.0 Å². The van der Waals surface area contributed by atoms with Gasteiger partial charge in [0.25, 0.3) is 0 Å². The van der Waals surface area contributed by atoms with Crippen molar-refractivity contribution in [1.29, 1.82) is 0 Å². The van der Waals surface area contributed by atoms with E-state index in [1.165, 1.54) is 6.42 Å². The number of hydrogen-bond donors (Lipinski definition) is 1. The molecule has 0 rings (SSSR count). The van der Waals surface area contributed by atoms with Crippen molar-refractivity contribution in [2.45, 2.75) is 47.5 Å². The summed E-state index contributed by atoms with van der Waals surface area (Å²) in [5.74, 6) is 0. The van der Waals surface area contributed by atoms with Crippen LogP contribution in [0.3, 0.4) is 0 Å². The van der Waals surface area contributed by atoms with Crippen molar-refractivity contribution in [3.05, 3.63) is 12.8 Å². The largest absolute Gasteiger partial charge is 0.174 e. The predicted molar refractivity (Wildman–Crippen MR) is 63.2 cm³/mol. The fourth-order valence-electron chi connectivity index (χ4n) is 0.464. The van der Waals surface area contributed by atoms with Crippen LogP contribution in [0.25, 0.3) is 0 Å². The molecule has 2 heteroatoms. The summed E-state index contributed by atoms with van der Waals surface area (Å²) in [6.07, 6.45) is 3.97. The van der Waals surface area contributed by atoms with Crippen LogP contribution in [0.5, 0.6) is 0 Å². The first-order valence-electron chi connectivity index (χ1n) is 5.17. The molecule has 2 nitrogen and oxygen atoms in total. The molecule has 0 amide bonds. The molecule has 0 saturated carbocycles. The van der Waals surface area contributed by atoms with Crippen LogP contribution < -0.4 is 5.43 Å². The van der Waals surface area contributed by atoms with Gasteiger partial charge in [-0.1, -0.05) is 47.6 Å². The lowest BCUT2D eigenvalue weighted by atomic mass is 10.5. The SMILES string of the molecule is C=CN[N+](=C)CCC.CC.CCC. The second kappa shape index (κ2) is 22.5. The molecule has 1 N–H and O–H groups in total. The number of hydrazone groups is 1. The van der Waals surface area contributed by atoms with Crippen LogP contribution in [-0.4, -0.2) is 17.9 Å². The summed E-state index contributed by atoms with van der Waals surface area (Å²) in [4.78, 5) is 0. The summed E-state index contributed by atoms with van der Waals surface area (Å²) in [5, 5.41) is 0. The van der Waals surface area contributed by atoms with E-state index in [9.17, 15) is 0 Å². The van der Waals surface area contributed by atoms with E-state index < -0.39 is 0 Å². The average molecular weight is 187 g/mol. The zero-order valence-electron chi connectivity index (χ0n) is 10.1. The molecule has 0 aromatic heterocycles. The minimum Gasteiger partial charge on any atom is -0.174 e. The highest BCUT2D eigenvalue weighted by atomic mass is 15.4. The molecule has 0 spiro atoms. The molecule has 0 atom stereocenters. The van der Waals surface area contributed by atoms with Crippen molar-refractivity contribution in [3.8, 4) is 0 Å². The zero-order valence-corrected chi connectivity index (χ0v) is 10.1. The van der Waals surface area contributed by atoms with E-state index in [0.717, 1.165) is 13.0 Å². The molecule has 0 aliphatic rings. The van der Waals surface area contributed by atoms with Crippen LogP contribution >= 0.6 is 0 Å². The first-order valence-corrected chi connectivity index (χ1v) is 5.17. The van der Waals surface area contributed by atoms with Crippen LogP contribution in [-0.2, 0) is 0 Å². The molecule has 0 fully saturated rings. The van der Waals surface area contributed by atoms with Gasteiger partial charge in [0.15, 0.2) is 13.3 Å². The van der Waals surface area contributed by atoms with Gasteiger partial charge in [0.05, 0.1) is 6.20 Å². The minimum absolute atomic E-state index is 0.950. The van der Waals surface area contributed by atoms with Crippen LogP contribution in [0.1, 0.15) is 47.5 Å². The first-order chi connectivity index (χ1) is 6.22. The number of rotatable bonds is 4. The number of nitrogens with zero attached hydrogens (tertiary/aromatic N) is 1. The van der Waals surface area contributed by atoms with Gasteiger partial charge >= 0.3 is 0 Å². The molecular weight excluding hydrogens is 160 g/mol. The fraction of sp³-hybridized carbons (Fsp3) is 0.727. The summed E-state index contributed by atoms with van der Waals surface area (Å²) in [5.41, 5.74) is 2.83. The van der Waals surface area contributed by atoms with Gasteiger partial charge in [0.1, 0.15) is 0 Å². The summed E-state index contributed by atoms with van der Waals surface area (Å²) < 4.78 is 1.74. The molecule has 13 heavy (non-hydrogen) atoms. The minimum atomic E-state index is 0.950. The van der Waals surface area contributed by atoms with E-state index in [1.54, 1.807) is 10.9 Å². The molecule has 0 saturated heterocycles. The van der Waals surface area contributed by atoms with E-state index in [2.05, 4.69) is 39.5 Å². The Morgan fingerprint density at radius 3 is 1.85 bits per heavy atom. The van der Waals surface area contributed by atoms with E-state index >= 15 is 0 Å². The highest BCUT2D eigenvalue weighted by Gasteiger charge is 1.89. The highest BCUT2D eigenvalue weighted by molar-refractivity contribution is 5.14. The van der Waals surface area contributed by atoms with Gasteiger partial charge in [-0.15, -0.1) is 4.68 Å². The van der Waals surface area contributed by atoms with Crippen LogP contribution in [0.4, 0.5) is 0 Å². The van der Waals surface area contributed by atoms with Crippen molar-refractivity contribution in [3.63, 3.8) is 0 Å². The maximum Gasteiger partial charge on any atom is 0.170 e. The Hall–Kier alpha value is -0.790. The lowest BCUT2D eigenvalue weighted by Crippen LogP contribution is -2.22. The molecule has 0 aromatic rings. The fourth-order valence-corrected chi connectivity index (χ4v) is 0.464. The highest BCUT2D eigenvalue weighted by Crippen LogP contribution is 1.72. The van der Waals surface area contributed by atoms with Crippen molar-refractivity contribution >= 4 is 6.72 Å². The zero-order chi connectivity index (χ0) is 11.1. The molecule has 0 aliphatic heterocycles. The van der Waals surface area contributed by atoms with Crippen molar-refractivity contribution in [1.82, 2.24) is 5.43 Å². The Labute approximate surface area is 84.3 Å². The lowest BCUT2D eigenvalue weighted by Gasteiger charge is -1.93. The summed E-state index contributed by atoms with van der Waals surface area (Å²) in [6, 6.07) is 0. The van der Waals surface area contributed by atoms with Gasteiger partial charge in [-0.2, -0.15) is 5.43 Å². The Kier molecular flexibility index (Phi) is 31.3. The van der Waals surface area contributed by atoms with Gasteiger partial charge < -0.3 is 0 Å². The Morgan fingerprint density at radius 1 is 1.23 bits per heavy atom. The maximum absolute atomic E-state index is 3.67. The lowest BCUT2D eigenvalue weighted by molar-refractivity contribution is -0.569.